The molecule has 1 rings (SSSR count). The predicted molar refractivity (Wildman–Crippen MR) is 52.2 cm³/mol. The molecule has 0 unspecified atom stereocenters. The van der Waals surface area contributed by atoms with Gasteiger partial charge >= 0.3 is 0 Å². The summed E-state index contributed by atoms with van der Waals surface area (Å²) in [7, 11) is 0. The van der Waals surface area contributed by atoms with Gasteiger partial charge in [0.05, 0.1) is 0 Å². The highest BCUT2D eigenvalue weighted by Crippen LogP contribution is 2.26. The lowest BCUT2D eigenvalue weighted by atomic mass is 10.3. The average Bonchev–Trinajstić information content (AvgIpc) is 2.25. The molecule has 1 aromatic heterocycles. The van der Waals surface area contributed by atoms with Crippen molar-refractivity contribution in [2.24, 2.45) is 0 Å². The van der Waals surface area contributed by atoms with Gasteiger partial charge in [-0.2, -0.15) is 22.5 Å². The molecule has 0 radical (unpaired) electrons. The Kier molecular flexibility index (Phi) is 4.09. The molecule has 0 aliphatic heterocycles. The van der Waals surface area contributed by atoms with Crippen LogP contribution in [0.5, 0.6) is 0 Å². The lowest BCUT2D eigenvalue weighted by Gasteiger charge is -2.23. The van der Waals surface area contributed by atoms with E-state index in [1.807, 2.05) is 0 Å². The van der Waals surface area contributed by atoms with Crippen LogP contribution in [0.25, 0.3) is 0 Å². The second-order valence-corrected chi connectivity index (χ2v) is 3.25. The monoisotopic (exact) mass is 236 g/mol. The van der Waals surface area contributed by atoms with E-state index in [0.29, 0.717) is 13.0 Å². The Bertz CT molecular complexity index is 355. The number of anilines is 1. The van der Waals surface area contributed by atoms with E-state index in [9.17, 15) is 17.6 Å². The number of hydrogen-bond acceptors (Lipinski definition) is 2. The number of halogens is 4. The molecular formula is C10H12F4N2. The van der Waals surface area contributed by atoms with Gasteiger partial charge in [0, 0.05) is 13.1 Å². The molecule has 0 aliphatic rings. The molecule has 16 heavy (non-hydrogen) atoms. The Morgan fingerprint density at radius 2 is 1.50 bits per heavy atom. The zero-order valence-electron chi connectivity index (χ0n) is 9.03. The minimum absolute atomic E-state index is 0.255. The van der Waals surface area contributed by atoms with Crippen molar-refractivity contribution in [1.82, 2.24) is 4.98 Å². The van der Waals surface area contributed by atoms with Crippen molar-refractivity contribution in [1.29, 1.82) is 0 Å². The molecule has 0 atom stereocenters. The Labute approximate surface area is 90.9 Å². The van der Waals surface area contributed by atoms with Gasteiger partial charge < -0.3 is 4.90 Å². The van der Waals surface area contributed by atoms with Gasteiger partial charge in [-0.05, 0) is 13.3 Å². The number of aromatic nitrogens is 1. The quantitative estimate of drug-likeness (QED) is 0.590. The molecule has 0 fully saturated rings. The first-order chi connectivity index (χ1) is 7.52. The van der Waals surface area contributed by atoms with Gasteiger partial charge in [0.25, 0.3) is 11.9 Å². The van der Waals surface area contributed by atoms with E-state index in [-0.39, 0.29) is 6.54 Å². The van der Waals surface area contributed by atoms with Gasteiger partial charge in [-0.15, -0.1) is 0 Å². The zero-order valence-corrected chi connectivity index (χ0v) is 9.03. The van der Waals surface area contributed by atoms with Crippen molar-refractivity contribution in [3.63, 3.8) is 0 Å². The molecule has 1 aromatic rings. The van der Waals surface area contributed by atoms with Crippen LogP contribution in [0.4, 0.5) is 23.2 Å². The molecule has 0 spiro atoms. The van der Waals surface area contributed by atoms with Crippen LogP contribution in [0.15, 0.2) is 0 Å². The summed E-state index contributed by atoms with van der Waals surface area (Å²) in [5, 5.41) is 0. The van der Waals surface area contributed by atoms with Crippen LogP contribution in [0.2, 0.25) is 0 Å². The summed E-state index contributed by atoms with van der Waals surface area (Å²) in [5.74, 6) is -6.14. The highest BCUT2D eigenvalue weighted by molar-refractivity contribution is 5.48. The van der Waals surface area contributed by atoms with Crippen LogP contribution in [0, 0.1) is 23.5 Å². The first-order valence-electron chi connectivity index (χ1n) is 4.97. The van der Waals surface area contributed by atoms with E-state index in [4.69, 9.17) is 0 Å². The Morgan fingerprint density at radius 3 is 1.88 bits per heavy atom. The van der Waals surface area contributed by atoms with Crippen LogP contribution < -0.4 is 4.90 Å². The fourth-order valence-corrected chi connectivity index (χ4v) is 1.45. The second-order valence-electron chi connectivity index (χ2n) is 3.25. The van der Waals surface area contributed by atoms with Crippen LogP contribution in [0.1, 0.15) is 20.3 Å². The van der Waals surface area contributed by atoms with Crippen molar-refractivity contribution in [2.75, 3.05) is 18.0 Å². The molecule has 90 valence electrons. The van der Waals surface area contributed by atoms with Gasteiger partial charge in [-0.25, -0.2) is 0 Å². The summed E-state index contributed by atoms with van der Waals surface area (Å²) < 4.78 is 52.3. The van der Waals surface area contributed by atoms with Gasteiger partial charge in [-0.1, -0.05) is 6.92 Å². The maximum Gasteiger partial charge on any atom is 0.253 e. The van der Waals surface area contributed by atoms with Crippen molar-refractivity contribution in [3.05, 3.63) is 23.5 Å². The summed E-state index contributed by atoms with van der Waals surface area (Å²) in [6, 6.07) is 0. The molecule has 1 heterocycles. The van der Waals surface area contributed by atoms with E-state index in [1.165, 1.54) is 4.90 Å². The SMILES string of the molecule is CCCN(CC)c1c(F)c(F)nc(F)c1F. The zero-order chi connectivity index (χ0) is 12.3. The third kappa shape index (κ3) is 2.25. The van der Waals surface area contributed by atoms with Crippen molar-refractivity contribution in [2.45, 2.75) is 20.3 Å². The summed E-state index contributed by atoms with van der Waals surface area (Å²) >= 11 is 0. The van der Waals surface area contributed by atoms with Crippen molar-refractivity contribution < 1.29 is 17.6 Å². The summed E-state index contributed by atoms with van der Waals surface area (Å²) in [4.78, 5) is 3.73. The molecule has 0 saturated heterocycles. The molecular weight excluding hydrogens is 224 g/mol. The molecule has 0 saturated carbocycles. The number of hydrogen-bond donors (Lipinski definition) is 0. The highest BCUT2D eigenvalue weighted by Gasteiger charge is 2.24. The van der Waals surface area contributed by atoms with E-state index < -0.39 is 29.2 Å². The fourth-order valence-electron chi connectivity index (χ4n) is 1.45. The first kappa shape index (κ1) is 12.7. The lowest BCUT2D eigenvalue weighted by molar-refractivity contribution is 0.406. The maximum absolute atomic E-state index is 13.3. The van der Waals surface area contributed by atoms with E-state index in [0.717, 1.165) is 0 Å². The number of pyridine rings is 1. The van der Waals surface area contributed by atoms with Gasteiger partial charge in [0.2, 0.25) is 11.6 Å². The largest absolute Gasteiger partial charge is 0.367 e. The predicted octanol–water partition coefficient (Wildman–Crippen LogP) is 2.87. The summed E-state index contributed by atoms with van der Waals surface area (Å²) in [5.41, 5.74) is -0.686. The molecule has 0 aromatic carbocycles. The van der Waals surface area contributed by atoms with Gasteiger partial charge in [0.15, 0.2) is 0 Å². The molecule has 6 heteroatoms. The van der Waals surface area contributed by atoms with Crippen molar-refractivity contribution in [3.8, 4) is 0 Å². The second kappa shape index (κ2) is 5.14. The summed E-state index contributed by atoms with van der Waals surface area (Å²) in [6.45, 7) is 4.01. The van der Waals surface area contributed by atoms with Crippen LogP contribution >= 0.6 is 0 Å². The van der Waals surface area contributed by atoms with E-state index in [2.05, 4.69) is 4.98 Å². The van der Waals surface area contributed by atoms with Crippen LogP contribution in [-0.2, 0) is 0 Å². The van der Waals surface area contributed by atoms with E-state index >= 15 is 0 Å². The third-order valence-electron chi connectivity index (χ3n) is 2.17. The minimum Gasteiger partial charge on any atom is -0.367 e. The lowest BCUT2D eigenvalue weighted by Crippen LogP contribution is -2.27. The smallest absolute Gasteiger partial charge is 0.253 e. The van der Waals surface area contributed by atoms with Gasteiger partial charge in [-0.3, -0.25) is 0 Å². The topological polar surface area (TPSA) is 16.1 Å². The fraction of sp³-hybridized carbons (Fsp3) is 0.500. The molecule has 0 amide bonds. The normalized spacial score (nSPS) is 10.6. The Hall–Kier alpha value is -1.33. The molecule has 0 aliphatic carbocycles. The van der Waals surface area contributed by atoms with Crippen LogP contribution in [0.3, 0.4) is 0 Å². The van der Waals surface area contributed by atoms with Crippen molar-refractivity contribution >= 4 is 5.69 Å². The number of rotatable bonds is 4. The molecule has 0 bridgehead atoms. The van der Waals surface area contributed by atoms with E-state index in [1.54, 1.807) is 13.8 Å². The highest BCUT2D eigenvalue weighted by atomic mass is 19.2. The molecule has 2 nitrogen and oxygen atoms in total. The summed E-state index contributed by atoms with van der Waals surface area (Å²) in [6.07, 6.45) is 0.609. The first-order valence-corrected chi connectivity index (χ1v) is 4.97. The third-order valence-corrected chi connectivity index (χ3v) is 2.17. The van der Waals surface area contributed by atoms with Gasteiger partial charge in [0.1, 0.15) is 5.69 Å². The molecule has 0 N–H and O–H groups in total. The Balaban J connectivity index is 3.29. The average molecular weight is 236 g/mol. The minimum atomic E-state index is -1.62. The van der Waals surface area contributed by atoms with Crippen LogP contribution in [-0.4, -0.2) is 18.1 Å². The number of nitrogens with zero attached hydrogens (tertiary/aromatic N) is 2. The maximum atomic E-state index is 13.3. The standard InChI is InChI=1S/C10H12F4N2/c1-3-5-16(4-2)8-6(11)9(13)15-10(14)7(8)12/h3-5H2,1-2H3. The Morgan fingerprint density at radius 1 is 1.00 bits per heavy atom.